The van der Waals surface area contributed by atoms with Crippen molar-refractivity contribution in [2.45, 2.75) is 4.90 Å². The Morgan fingerprint density at radius 2 is 2.00 bits per heavy atom. The highest BCUT2D eigenvalue weighted by molar-refractivity contribution is 8.13. The SMILES string of the molecule is N#Cc1cc(Cl)c(S(=O)(=O)Cl)cc1F. The van der Waals surface area contributed by atoms with E-state index in [0.717, 1.165) is 6.07 Å². The van der Waals surface area contributed by atoms with E-state index in [1.165, 1.54) is 6.07 Å². The van der Waals surface area contributed by atoms with Gasteiger partial charge in [0.2, 0.25) is 0 Å². The van der Waals surface area contributed by atoms with E-state index in [0.29, 0.717) is 6.07 Å². The van der Waals surface area contributed by atoms with Crippen molar-refractivity contribution in [3.8, 4) is 6.07 Å². The van der Waals surface area contributed by atoms with Crippen molar-refractivity contribution in [2.24, 2.45) is 0 Å². The predicted octanol–water partition coefficient (Wildman–Crippen LogP) is 2.28. The molecule has 0 spiro atoms. The van der Waals surface area contributed by atoms with Gasteiger partial charge >= 0.3 is 0 Å². The number of nitriles is 1. The summed E-state index contributed by atoms with van der Waals surface area (Å²) in [5.74, 6) is -0.976. The van der Waals surface area contributed by atoms with Gasteiger partial charge in [0.05, 0.1) is 10.6 Å². The van der Waals surface area contributed by atoms with Crippen LogP contribution in [0.2, 0.25) is 5.02 Å². The summed E-state index contributed by atoms with van der Waals surface area (Å²) in [7, 11) is 0.879. The number of nitrogens with zero attached hydrogens (tertiary/aromatic N) is 1. The van der Waals surface area contributed by atoms with Crippen LogP contribution in [0.4, 0.5) is 4.39 Å². The highest BCUT2D eigenvalue weighted by Gasteiger charge is 2.18. The molecular formula is C7H2Cl2FNO2S. The van der Waals surface area contributed by atoms with E-state index in [1.54, 1.807) is 0 Å². The van der Waals surface area contributed by atoms with Gasteiger partial charge in [-0.2, -0.15) is 5.26 Å². The van der Waals surface area contributed by atoms with Crippen LogP contribution < -0.4 is 0 Å². The number of hydrogen-bond donors (Lipinski definition) is 0. The molecule has 7 heteroatoms. The molecule has 0 saturated heterocycles. The predicted molar refractivity (Wildman–Crippen MR) is 49.2 cm³/mol. The van der Waals surface area contributed by atoms with Gasteiger partial charge in [0.15, 0.2) is 0 Å². The Kier molecular flexibility index (Phi) is 3.00. The monoisotopic (exact) mass is 253 g/mol. The molecule has 1 rings (SSSR count). The van der Waals surface area contributed by atoms with Crippen molar-refractivity contribution < 1.29 is 12.8 Å². The molecule has 0 heterocycles. The Hall–Kier alpha value is -0.830. The van der Waals surface area contributed by atoms with Gasteiger partial charge in [-0.05, 0) is 12.1 Å². The van der Waals surface area contributed by atoms with Crippen LogP contribution in [0.15, 0.2) is 17.0 Å². The zero-order chi connectivity index (χ0) is 10.9. The third-order valence-electron chi connectivity index (χ3n) is 1.40. The third-order valence-corrected chi connectivity index (χ3v) is 3.19. The summed E-state index contributed by atoms with van der Waals surface area (Å²) in [5.41, 5.74) is -0.334. The molecule has 0 aromatic heterocycles. The van der Waals surface area contributed by atoms with Gasteiger partial charge in [0, 0.05) is 10.7 Å². The first-order valence-electron chi connectivity index (χ1n) is 3.20. The van der Waals surface area contributed by atoms with Crippen LogP contribution >= 0.6 is 22.3 Å². The Morgan fingerprint density at radius 1 is 1.43 bits per heavy atom. The lowest BCUT2D eigenvalue weighted by atomic mass is 10.2. The highest BCUT2D eigenvalue weighted by atomic mass is 35.7. The Morgan fingerprint density at radius 3 is 2.43 bits per heavy atom. The molecule has 1 aromatic carbocycles. The fraction of sp³-hybridized carbons (Fsp3) is 0. The summed E-state index contributed by atoms with van der Waals surface area (Å²) in [4.78, 5) is -0.544. The molecule has 0 aliphatic carbocycles. The van der Waals surface area contributed by atoms with E-state index >= 15 is 0 Å². The smallest absolute Gasteiger partial charge is 0.207 e. The van der Waals surface area contributed by atoms with Crippen molar-refractivity contribution in [2.75, 3.05) is 0 Å². The molecule has 0 atom stereocenters. The summed E-state index contributed by atoms with van der Waals surface area (Å²) in [6.07, 6.45) is 0. The van der Waals surface area contributed by atoms with Crippen molar-refractivity contribution in [3.63, 3.8) is 0 Å². The largest absolute Gasteiger partial charge is 0.262 e. The molecule has 0 aliphatic heterocycles. The maximum Gasteiger partial charge on any atom is 0.262 e. The number of halogens is 3. The third kappa shape index (κ3) is 2.15. The van der Waals surface area contributed by atoms with E-state index < -0.39 is 19.8 Å². The van der Waals surface area contributed by atoms with Gasteiger partial charge < -0.3 is 0 Å². The molecule has 0 amide bonds. The van der Waals surface area contributed by atoms with E-state index in [-0.39, 0.29) is 10.6 Å². The second-order valence-electron chi connectivity index (χ2n) is 2.31. The molecule has 0 saturated carbocycles. The van der Waals surface area contributed by atoms with Gasteiger partial charge in [-0.15, -0.1) is 0 Å². The van der Waals surface area contributed by atoms with Crippen LogP contribution in [0.25, 0.3) is 0 Å². The molecule has 74 valence electrons. The van der Waals surface area contributed by atoms with E-state index in [2.05, 4.69) is 0 Å². The number of benzene rings is 1. The zero-order valence-electron chi connectivity index (χ0n) is 6.46. The number of hydrogen-bond acceptors (Lipinski definition) is 3. The Balaban J connectivity index is 3.54. The Labute approximate surface area is 89.1 Å². The lowest BCUT2D eigenvalue weighted by molar-refractivity contribution is 0.601. The average molecular weight is 254 g/mol. The normalized spacial score (nSPS) is 11.0. The minimum Gasteiger partial charge on any atom is -0.207 e. The quantitative estimate of drug-likeness (QED) is 0.722. The lowest BCUT2D eigenvalue weighted by Gasteiger charge is -2.00. The summed E-state index contributed by atoms with van der Waals surface area (Å²) < 4.78 is 34.6. The van der Waals surface area contributed by atoms with Crippen molar-refractivity contribution in [1.29, 1.82) is 5.26 Å². The van der Waals surface area contributed by atoms with E-state index in [9.17, 15) is 12.8 Å². The second kappa shape index (κ2) is 3.73. The molecule has 1 aromatic rings. The van der Waals surface area contributed by atoms with Gasteiger partial charge in [0.1, 0.15) is 16.8 Å². The first-order chi connectivity index (χ1) is 6.36. The molecule has 3 nitrogen and oxygen atoms in total. The average Bonchev–Trinajstić information content (AvgIpc) is 2.06. The van der Waals surface area contributed by atoms with Crippen molar-refractivity contribution in [3.05, 3.63) is 28.5 Å². The molecule has 0 aliphatic rings. The van der Waals surface area contributed by atoms with E-state index in [4.69, 9.17) is 27.5 Å². The topological polar surface area (TPSA) is 57.9 Å². The molecule has 0 N–H and O–H groups in total. The second-order valence-corrected chi connectivity index (χ2v) is 5.25. The molecule has 0 bridgehead atoms. The first-order valence-corrected chi connectivity index (χ1v) is 5.89. The minimum absolute atomic E-state index is 0.280. The maximum atomic E-state index is 13.0. The van der Waals surface area contributed by atoms with Crippen LogP contribution in [0.3, 0.4) is 0 Å². The number of rotatable bonds is 1. The molecular weight excluding hydrogens is 252 g/mol. The minimum atomic E-state index is -4.09. The standard InChI is InChI=1S/C7H2Cl2FNO2S/c8-5-1-4(3-11)6(10)2-7(5)14(9,12)13/h1-2H. The van der Waals surface area contributed by atoms with Crippen LogP contribution in [0.1, 0.15) is 5.56 Å². The summed E-state index contributed by atoms with van der Waals surface area (Å²) in [6.45, 7) is 0. The summed E-state index contributed by atoms with van der Waals surface area (Å²) >= 11 is 5.48. The van der Waals surface area contributed by atoms with Gasteiger partial charge in [0.25, 0.3) is 9.05 Å². The fourth-order valence-corrected chi connectivity index (χ4v) is 2.31. The Bertz CT molecular complexity index is 521. The van der Waals surface area contributed by atoms with Crippen LogP contribution in [0.5, 0.6) is 0 Å². The summed E-state index contributed by atoms with van der Waals surface area (Å²) in [5, 5.41) is 8.13. The van der Waals surface area contributed by atoms with Crippen LogP contribution in [-0.2, 0) is 9.05 Å². The van der Waals surface area contributed by atoms with Crippen LogP contribution in [0, 0.1) is 17.1 Å². The van der Waals surface area contributed by atoms with Gasteiger partial charge in [-0.25, -0.2) is 12.8 Å². The van der Waals surface area contributed by atoms with Crippen molar-refractivity contribution in [1.82, 2.24) is 0 Å². The first kappa shape index (κ1) is 11.2. The maximum absolute atomic E-state index is 13.0. The van der Waals surface area contributed by atoms with Crippen LogP contribution in [-0.4, -0.2) is 8.42 Å². The van der Waals surface area contributed by atoms with Gasteiger partial charge in [-0.3, -0.25) is 0 Å². The molecule has 14 heavy (non-hydrogen) atoms. The zero-order valence-corrected chi connectivity index (χ0v) is 8.79. The highest BCUT2D eigenvalue weighted by Crippen LogP contribution is 2.27. The molecule has 0 fully saturated rings. The fourth-order valence-electron chi connectivity index (χ4n) is 0.801. The van der Waals surface area contributed by atoms with E-state index in [1.807, 2.05) is 0 Å². The van der Waals surface area contributed by atoms with Crippen molar-refractivity contribution >= 4 is 31.3 Å². The van der Waals surface area contributed by atoms with Gasteiger partial charge in [-0.1, -0.05) is 11.6 Å². The summed E-state index contributed by atoms with van der Waals surface area (Å²) in [6, 6.07) is 3.04. The molecule has 0 radical (unpaired) electrons. The molecule has 0 unspecified atom stereocenters. The lowest BCUT2D eigenvalue weighted by Crippen LogP contribution is -1.95.